The van der Waals surface area contributed by atoms with Crippen molar-refractivity contribution in [2.45, 2.75) is 84.3 Å². The van der Waals surface area contributed by atoms with E-state index in [9.17, 15) is 4.79 Å². The Bertz CT molecular complexity index is 746. The first-order chi connectivity index (χ1) is 12.7. The molecule has 1 aromatic rings. The number of ether oxygens (including phenoxy) is 1. The second kappa shape index (κ2) is 6.71. The summed E-state index contributed by atoms with van der Waals surface area (Å²) in [4.78, 5) is 16.8. The fourth-order valence-corrected chi connectivity index (χ4v) is 3.36. The number of hydrogen-bond acceptors (Lipinski definition) is 6. The summed E-state index contributed by atoms with van der Waals surface area (Å²) < 4.78 is 17.8. The molecular weight excluding hydrogens is 357 g/mol. The van der Waals surface area contributed by atoms with Crippen LogP contribution in [0.2, 0.25) is 0 Å². The van der Waals surface area contributed by atoms with Crippen LogP contribution in [0.5, 0.6) is 0 Å². The van der Waals surface area contributed by atoms with Crippen LogP contribution in [0.25, 0.3) is 0 Å². The summed E-state index contributed by atoms with van der Waals surface area (Å²) in [6, 6.07) is 2.05. The monoisotopic (exact) mass is 389 g/mol. The van der Waals surface area contributed by atoms with Crippen LogP contribution < -0.4 is 5.46 Å². The third kappa shape index (κ3) is 3.90. The van der Waals surface area contributed by atoms with E-state index in [0.717, 1.165) is 11.0 Å². The number of carbonyl (C=O) groups excluding carboxylic acids is 1. The van der Waals surface area contributed by atoms with Crippen molar-refractivity contribution < 1.29 is 18.8 Å². The summed E-state index contributed by atoms with van der Waals surface area (Å²) in [5.41, 5.74) is 0.588. The Balaban J connectivity index is 1.74. The predicted octanol–water partition coefficient (Wildman–Crippen LogP) is 2.91. The van der Waals surface area contributed by atoms with Crippen molar-refractivity contribution in [1.29, 1.82) is 0 Å². The molecule has 3 heterocycles. The molecule has 2 fully saturated rings. The number of hydrogen-bond donors (Lipinski definition) is 0. The second-order valence-electron chi connectivity index (χ2n) is 9.74. The van der Waals surface area contributed by atoms with Crippen LogP contribution >= 0.6 is 0 Å². The molecule has 0 spiro atoms. The number of aromatic nitrogens is 1. The van der Waals surface area contributed by atoms with Gasteiger partial charge in [0, 0.05) is 30.8 Å². The third-order valence-electron chi connectivity index (χ3n) is 5.78. The van der Waals surface area contributed by atoms with Crippen LogP contribution in [0, 0.1) is 0 Å². The molecule has 3 atom stereocenters. The largest absolute Gasteiger partial charge is 0.496 e. The standard InChI is InChI=1S/C20H32BN3O4/c1-13(16-23(9)24(16)17(25)26-18(2,3)4)14-10-15(12-22-11-14)21-27-19(5,6)20(7,8)28-21/h10-13,16H,1-9H3. The summed E-state index contributed by atoms with van der Waals surface area (Å²) in [5, 5.41) is 3.53. The van der Waals surface area contributed by atoms with Gasteiger partial charge in [0.25, 0.3) is 0 Å². The van der Waals surface area contributed by atoms with Crippen molar-refractivity contribution in [2.75, 3.05) is 7.05 Å². The number of rotatable bonds is 3. The maximum atomic E-state index is 12.4. The molecule has 0 bridgehead atoms. The van der Waals surface area contributed by atoms with Crippen LogP contribution in [0.1, 0.15) is 66.9 Å². The molecule has 154 valence electrons. The first kappa shape index (κ1) is 21.1. The van der Waals surface area contributed by atoms with Crippen LogP contribution in [0.3, 0.4) is 0 Å². The zero-order chi connectivity index (χ0) is 21.1. The Hall–Kier alpha value is -1.64. The Morgan fingerprint density at radius 2 is 1.79 bits per heavy atom. The van der Waals surface area contributed by atoms with Crippen LogP contribution in [0.4, 0.5) is 4.79 Å². The second-order valence-corrected chi connectivity index (χ2v) is 9.74. The molecule has 7 nitrogen and oxygen atoms in total. The van der Waals surface area contributed by atoms with E-state index in [1.165, 1.54) is 0 Å². The van der Waals surface area contributed by atoms with Crippen molar-refractivity contribution >= 4 is 18.7 Å². The summed E-state index contributed by atoms with van der Waals surface area (Å²) >= 11 is 0. The molecular formula is C20H32BN3O4. The van der Waals surface area contributed by atoms with E-state index in [0.29, 0.717) is 0 Å². The van der Waals surface area contributed by atoms with E-state index in [1.807, 2.05) is 66.7 Å². The van der Waals surface area contributed by atoms with E-state index < -0.39 is 23.9 Å². The van der Waals surface area contributed by atoms with Gasteiger partial charge in [0.2, 0.25) is 0 Å². The molecule has 2 saturated heterocycles. The van der Waals surface area contributed by atoms with Crippen molar-refractivity contribution in [3.63, 3.8) is 0 Å². The fraction of sp³-hybridized carbons (Fsp3) is 0.700. The van der Waals surface area contributed by atoms with Crippen LogP contribution in [-0.4, -0.2) is 58.2 Å². The maximum Gasteiger partial charge on any atom is 0.496 e. The highest BCUT2D eigenvalue weighted by molar-refractivity contribution is 6.62. The van der Waals surface area contributed by atoms with E-state index in [2.05, 4.69) is 18.0 Å². The summed E-state index contributed by atoms with van der Waals surface area (Å²) in [6.45, 7) is 15.8. The summed E-state index contributed by atoms with van der Waals surface area (Å²) in [7, 11) is 1.43. The zero-order valence-electron chi connectivity index (χ0n) is 18.4. The van der Waals surface area contributed by atoms with Crippen molar-refractivity contribution in [1.82, 2.24) is 15.0 Å². The number of hydrazine groups is 1. The maximum absolute atomic E-state index is 12.4. The van der Waals surface area contributed by atoms with Gasteiger partial charge in [-0.3, -0.25) is 4.98 Å². The van der Waals surface area contributed by atoms with Gasteiger partial charge in [-0.15, -0.1) is 0 Å². The van der Waals surface area contributed by atoms with Gasteiger partial charge in [-0.25, -0.2) is 9.80 Å². The lowest BCUT2D eigenvalue weighted by Gasteiger charge is -2.32. The molecule has 2 aliphatic rings. The Kier molecular flexibility index (Phi) is 5.05. The lowest BCUT2D eigenvalue weighted by atomic mass is 9.79. The van der Waals surface area contributed by atoms with Gasteiger partial charge in [-0.1, -0.05) is 13.0 Å². The van der Waals surface area contributed by atoms with E-state index in [4.69, 9.17) is 14.0 Å². The normalized spacial score (nSPS) is 26.9. The summed E-state index contributed by atoms with van der Waals surface area (Å²) in [6.07, 6.45) is 3.21. The molecule has 8 heteroatoms. The topological polar surface area (TPSA) is 63.7 Å². The lowest BCUT2D eigenvalue weighted by Crippen LogP contribution is -2.41. The molecule has 2 aliphatic heterocycles. The first-order valence-electron chi connectivity index (χ1n) is 9.79. The van der Waals surface area contributed by atoms with Gasteiger partial charge in [0.15, 0.2) is 0 Å². The minimum atomic E-state index is -0.521. The predicted molar refractivity (Wildman–Crippen MR) is 108 cm³/mol. The molecule has 3 unspecified atom stereocenters. The van der Waals surface area contributed by atoms with Gasteiger partial charge in [-0.2, -0.15) is 5.01 Å². The molecule has 0 saturated carbocycles. The first-order valence-corrected chi connectivity index (χ1v) is 9.79. The van der Waals surface area contributed by atoms with Gasteiger partial charge >= 0.3 is 13.2 Å². The van der Waals surface area contributed by atoms with Crippen LogP contribution in [-0.2, 0) is 14.0 Å². The van der Waals surface area contributed by atoms with Gasteiger partial charge in [0.1, 0.15) is 11.8 Å². The smallest absolute Gasteiger partial charge is 0.443 e. The number of nitrogens with zero attached hydrogens (tertiary/aromatic N) is 3. The van der Waals surface area contributed by atoms with E-state index >= 15 is 0 Å². The van der Waals surface area contributed by atoms with E-state index in [1.54, 1.807) is 11.2 Å². The van der Waals surface area contributed by atoms with Crippen molar-refractivity contribution in [2.24, 2.45) is 0 Å². The number of carbonyl (C=O) groups is 1. The Morgan fingerprint density at radius 3 is 2.32 bits per heavy atom. The quantitative estimate of drug-likeness (QED) is 0.585. The minimum absolute atomic E-state index is 0.0624. The number of likely N-dealkylation sites (N-methyl/N-ethyl adjacent to an activating group) is 1. The SMILES string of the molecule is CC(c1cncc(B2OC(C)(C)C(C)(C)O2)c1)C1N(C)N1C(=O)OC(C)(C)C. The molecule has 0 N–H and O–H groups in total. The molecule has 3 rings (SSSR count). The molecule has 1 aromatic heterocycles. The Labute approximate surface area is 168 Å². The highest BCUT2D eigenvalue weighted by Crippen LogP contribution is 2.39. The highest BCUT2D eigenvalue weighted by Gasteiger charge is 2.53. The van der Waals surface area contributed by atoms with Gasteiger partial charge < -0.3 is 14.0 Å². The molecule has 28 heavy (non-hydrogen) atoms. The van der Waals surface area contributed by atoms with Gasteiger partial charge in [-0.05, 0) is 54.0 Å². The number of amides is 1. The minimum Gasteiger partial charge on any atom is -0.443 e. The van der Waals surface area contributed by atoms with E-state index in [-0.39, 0.29) is 18.2 Å². The average Bonchev–Trinajstić information content (AvgIpc) is 3.16. The molecule has 0 radical (unpaired) electrons. The lowest BCUT2D eigenvalue weighted by molar-refractivity contribution is 0.00578. The third-order valence-corrected chi connectivity index (χ3v) is 5.78. The molecule has 0 aliphatic carbocycles. The van der Waals surface area contributed by atoms with Crippen molar-refractivity contribution in [3.8, 4) is 0 Å². The summed E-state index contributed by atoms with van der Waals surface area (Å²) in [5.74, 6) is 0.0624. The average molecular weight is 389 g/mol. The molecule has 1 amide bonds. The van der Waals surface area contributed by atoms with Gasteiger partial charge in [0.05, 0.1) is 11.2 Å². The number of pyridine rings is 1. The highest BCUT2D eigenvalue weighted by atomic mass is 16.7. The zero-order valence-corrected chi connectivity index (χ0v) is 18.4. The van der Waals surface area contributed by atoms with Crippen molar-refractivity contribution in [3.05, 3.63) is 24.0 Å². The molecule has 0 aromatic carbocycles. The van der Waals surface area contributed by atoms with Crippen LogP contribution in [0.15, 0.2) is 18.5 Å². The fourth-order valence-electron chi connectivity index (χ4n) is 3.36. The Morgan fingerprint density at radius 1 is 1.21 bits per heavy atom.